The van der Waals surface area contributed by atoms with Crippen molar-refractivity contribution in [1.82, 2.24) is 15.2 Å². The molecule has 10 heteroatoms. The number of aryl methyl sites for hydroxylation is 2. The normalized spacial score (nSPS) is 17.8. The molecule has 0 aliphatic carbocycles. The van der Waals surface area contributed by atoms with Crippen molar-refractivity contribution in [2.24, 2.45) is 0 Å². The van der Waals surface area contributed by atoms with E-state index in [1.54, 1.807) is 0 Å². The second kappa shape index (κ2) is 15.1. The largest absolute Gasteiger partial charge is 0.480 e. The molecule has 0 fully saturated rings. The Kier molecular flexibility index (Phi) is 11.3. The number of aromatic nitrogens is 1. The molecule has 2 aliphatic rings. The van der Waals surface area contributed by atoms with Crippen LogP contribution in [-0.2, 0) is 38.3 Å². The van der Waals surface area contributed by atoms with Crippen LogP contribution in [-0.4, -0.2) is 85.6 Å². The molecule has 0 spiro atoms. The van der Waals surface area contributed by atoms with E-state index in [0.717, 1.165) is 61.3 Å². The lowest BCUT2D eigenvalue weighted by Crippen LogP contribution is -2.46. The first kappa shape index (κ1) is 29.9. The molecule has 0 bridgehead atoms. The lowest BCUT2D eigenvalue weighted by atomic mass is 9.97. The number of halogens is 1. The highest BCUT2D eigenvalue weighted by Crippen LogP contribution is 2.27. The molecule has 2 aromatic rings. The molecule has 3 unspecified atom stereocenters. The summed E-state index contributed by atoms with van der Waals surface area (Å²) >= 11 is 0. The number of nitrogens with zero attached hydrogens (tertiary/aromatic N) is 2. The van der Waals surface area contributed by atoms with Crippen LogP contribution in [0.5, 0.6) is 0 Å². The molecule has 3 atom stereocenters. The number of ether oxygens (including phenoxy) is 2. The van der Waals surface area contributed by atoms with E-state index in [2.05, 4.69) is 22.8 Å². The summed E-state index contributed by atoms with van der Waals surface area (Å²) in [7, 11) is 1.47. The first-order chi connectivity index (χ1) is 19.5. The number of amides is 1. The van der Waals surface area contributed by atoms with Crippen LogP contribution < -0.4 is 10.6 Å². The third kappa shape index (κ3) is 8.22. The molecule has 0 saturated carbocycles. The van der Waals surface area contributed by atoms with Crippen LogP contribution in [0, 0.1) is 0 Å². The SMILES string of the molecule is COC(CF)CN(CCCCc1ccc2c(n1)NCCC2)CCC(NC(=O)C1OCCc2ccccc21)C(=O)O. The minimum atomic E-state index is -1.11. The van der Waals surface area contributed by atoms with E-state index in [1.807, 2.05) is 29.2 Å². The average molecular weight is 557 g/mol. The summed E-state index contributed by atoms with van der Waals surface area (Å²) in [4.78, 5) is 31.9. The summed E-state index contributed by atoms with van der Waals surface area (Å²) in [6.45, 7) is 2.10. The lowest BCUT2D eigenvalue weighted by Gasteiger charge is -2.28. The molecule has 0 saturated heterocycles. The molecule has 3 heterocycles. The van der Waals surface area contributed by atoms with Crippen LogP contribution in [0.2, 0.25) is 0 Å². The fraction of sp³-hybridized carbons (Fsp3) is 0.567. The van der Waals surface area contributed by atoms with Crippen LogP contribution in [0.25, 0.3) is 0 Å². The molecule has 2 aliphatic heterocycles. The minimum Gasteiger partial charge on any atom is -0.480 e. The highest BCUT2D eigenvalue weighted by molar-refractivity contribution is 5.87. The highest BCUT2D eigenvalue weighted by Gasteiger charge is 2.31. The number of benzene rings is 1. The molecule has 1 aromatic heterocycles. The number of carboxylic acid groups (broad SMARTS) is 1. The Balaban J connectivity index is 1.31. The Morgan fingerprint density at radius 2 is 2.05 bits per heavy atom. The van der Waals surface area contributed by atoms with Gasteiger partial charge in [-0.3, -0.25) is 4.79 Å². The number of alkyl halides is 1. The van der Waals surface area contributed by atoms with Gasteiger partial charge >= 0.3 is 5.97 Å². The zero-order valence-corrected chi connectivity index (χ0v) is 23.2. The van der Waals surface area contributed by atoms with Gasteiger partial charge < -0.3 is 30.1 Å². The first-order valence-corrected chi connectivity index (χ1v) is 14.2. The van der Waals surface area contributed by atoms with E-state index in [-0.39, 0.29) is 6.42 Å². The van der Waals surface area contributed by atoms with Gasteiger partial charge in [0.15, 0.2) is 6.10 Å². The number of carbonyl (C=O) groups is 2. The first-order valence-electron chi connectivity index (χ1n) is 14.2. The number of pyridine rings is 1. The van der Waals surface area contributed by atoms with Gasteiger partial charge in [0, 0.05) is 32.4 Å². The molecule has 1 amide bonds. The third-order valence-electron chi connectivity index (χ3n) is 7.66. The predicted octanol–water partition coefficient (Wildman–Crippen LogP) is 3.32. The summed E-state index contributed by atoms with van der Waals surface area (Å²) in [6.07, 6.45) is 4.20. The number of unbranched alkanes of at least 4 members (excludes halogenated alkanes) is 1. The second-order valence-electron chi connectivity index (χ2n) is 10.5. The number of hydrogen-bond donors (Lipinski definition) is 3. The van der Waals surface area contributed by atoms with Gasteiger partial charge in [-0.15, -0.1) is 0 Å². The minimum absolute atomic E-state index is 0.177. The van der Waals surface area contributed by atoms with Crippen molar-refractivity contribution < 1.29 is 28.6 Å². The van der Waals surface area contributed by atoms with E-state index in [0.29, 0.717) is 32.7 Å². The maximum atomic E-state index is 13.5. The van der Waals surface area contributed by atoms with Crippen LogP contribution in [0.15, 0.2) is 36.4 Å². The number of fused-ring (bicyclic) bond motifs is 2. The maximum absolute atomic E-state index is 13.5. The van der Waals surface area contributed by atoms with Crippen LogP contribution in [0.3, 0.4) is 0 Å². The summed E-state index contributed by atoms with van der Waals surface area (Å²) < 4.78 is 24.4. The van der Waals surface area contributed by atoms with Crippen molar-refractivity contribution in [2.75, 3.05) is 51.9 Å². The number of anilines is 1. The number of nitrogens with one attached hydrogen (secondary N) is 2. The summed E-state index contributed by atoms with van der Waals surface area (Å²) in [6, 6.07) is 10.7. The zero-order chi connectivity index (χ0) is 28.3. The van der Waals surface area contributed by atoms with Crippen molar-refractivity contribution in [3.63, 3.8) is 0 Å². The van der Waals surface area contributed by atoms with Gasteiger partial charge in [0.2, 0.25) is 0 Å². The number of carbonyl (C=O) groups excluding carboxylic acids is 1. The summed E-state index contributed by atoms with van der Waals surface area (Å²) in [5, 5.41) is 15.9. The quantitative estimate of drug-likeness (QED) is 0.287. The summed E-state index contributed by atoms with van der Waals surface area (Å²) in [5.41, 5.74) is 4.11. The molecule has 0 radical (unpaired) electrons. The fourth-order valence-electron chi connectivity index (χ4n) is 5.35. The Bertz CT molecular complexity index is 1130. The van der Waals surface area contributed by atoms with E-state index in [4.69, 9.17) is 14.5 Å². The van der Waals surface area contributed by atoms with Gasteiger partial charge in [0.1, 0.15) is 18.5 Å². The number of hydrogen-bond acceptors (Lipinski definition) is 7. The predicted molar refractivity (Wildman–Crippen MR) is 150 cm³/mol. The molecular weight excluding hydrogens is 515 g/mol. The lowest BCUT2D eigenvalue weighted by molar-refractivity contribution is -0.145. The molecule has 3 N–H and O–H groups in total. The van der Waals surface area contributed by atoms with E-state index in [9.17, 15) is 19.1 Å². The topological polar surface area (TPSA) is 113 Å². The fourth-order valence-corrected chi connectivity index (χ4v) is 5.35. The molecule has 40 heavy (non-hydrogen) atoms. The number of rotatable bonds is 15. The Morgan fingerprint density at radius 3 is 2.85 bits per heavy atom. The van der Waals surface area contributed by atoms with Gasteiger partial charge in [-0.1, -0.05) is 30.3 Å². The molecule has 9 nitrogen and oxygen atoms in total. The Morgan fingerprint density at radius 1 is 1.20 bits per heavy atom. The number of methoxy groups -OCH3 is 1. The van der Waals surface area contributed by atoms with Crippen molar-refractivity contribution in [2.45, 2.75) is 63.2 Å². The van der Waals surface area contributed by atoms with E-state index in [1.165, 1.54) is 12.7 Å². The summed E-state index contributed by atoms with van der Waals surface area (Å²) in [5.74, 6) is -0.588. The van der Waals surface area contributed by atoms with Crippen molar-refractivity contribution in [3.05, 3.63) is 58.8 Å². The Labute approximate surface area is 235 Å². The highest BCUT2D eigenvalue weighted by atomic mass is 19.1. The van der Waals surface area contributed by atoms with Gasteiger partial charge in [-0.05, 0) is 74.2 Å². The smallest absolute Gasteiger partial charge is 0.326 e. The van der Waals surface area contributed by atoms with Gasteiger partial charge in [0.05, 0.1) is 12.7 Å². The second-order valence-corrected chi connectivity index (χ2v) is 10.5. The molecular formula is C30H41FN4O5. The van der Waals surface area contributed by atoms with Gasteiger partial charge in [0.25, 0.3) is 5.91 Å². The zero-order valence-electron chi connectivity index (χ0n) is 23.2. The van der Waals surface area contributed by atoms with Crippen LogP contribution >= 0.6 is 0 Å². The van der Waals surface area contributed by atoms with Gasteiger partial charge in [-0.2, -0.15) is 0 Å². The third-order valence-corrected chi connectivity index (χ3v) is 7.66. The number of aliphatic carboxylic acids is 1. The van der Waals surface area contributed by atoms with Crippen LogP contribution in [0.4, 0.5) is 10.2 Å². The monoisotopic (exact) mass is 556 g/mol. The maximum Gasteiger partial charge on any atom is 0.326 e. The van der Waals surface area contributed by atoms with E-state index >= 15 is 0 Å². The van der Waals surface area contributed by atoms with E-state index < -0.39 is 36.8 Å². The van der Waals surface area contributed by atoms with Gasteiger partial charge in [-0.25, -0.2) is 14.2 Å². The average Bonchev–Trinajstić information content (AvgIpc) is 2.98. The van der Waals surface area contributed by atoms with Crippen molar-refractivity contribution in [1.29, 1.82) is 0 Å². The molecule has 1 aromatic carbocycles. The Hall–Kier alpha value is -3.08. The standard InChI is InChI=1S/C30H41FN4O5/c1-39-24(19-31)20-35(16-5-4-9-23-12-11-22-8-6-15-32-28(22)33-23)17-13-26(30(37)38)34-29(36)27-25-10-3-2-7-21(25)14-18-40-27/h2-3,7,10-12,24,26-27H,4-6,8-9,13-20H2,1H3,(H,32,33)(H,34,36)(H,37,38). The molecule has 218 valence electrons. The van der Waals surface area contributed by atoms with Crippen molar-refractivity contribution >= 4 is 17.7 Å². The molecule has 4 rings (SSSR count). The van der Waals surface area contributed by atoms with Crippen molar-refractivity contribution in [3.8, 4) is 0 Å². The number of carboxylic acids is 1. The van der Waals surface area contributed by atoms with Crippen LogP contribution in [0.1, 0.15) is 54.2 Å².